The summed E-state index contributed by atoms with van der Waals surface area (Å²) in [5.41, 5.74) is 1.88. The fourth-order valence-corrected chi connectivity index (χ4v) is 6.61. The summed E-state index contributed by atoms with van der Waals surface area (Å²) in [7, 11) is -3.74. The second kappa shape index (κ2) is 9.18. The number of aromatic nitrogens is 3. The van der Waals surface area contributed by atoms with Crippen molar-refractivity contribution < 1.29 is 13.2 Å². The molecule has 1 fully saturated rings. The average Bonchev–Trinajstić information content (AvgIpc) is 3.49. The van der Waals surface area contributed by atoms with Crippen LogP contribution in [-0.4, -0.2) is 40.5 Å². The summed E-state index contributed by atoms with van der Waals surface area (Å²) in [5.74, 6) is -0.210. The molecular formula is C24H21ClN4O4S2. The second-order valence-corrected chi connectivity index (χ2v) is 12.4. The molecule has 11 heteroatoms. The highest BCUT2D eigenvalue weighted by Gasteiger charge is 2.22. The Hall–Kier alpha value is -3.08. The van der Waals surface area contributed by atoms with E-state index in [1.165, 1.54) is 22.9 Å². The summed E-state index contributed by atoms with van der Waals surface area (Å²) < 4.78 is 26.7. The van der Waals surface area contributed by atoms with Gasteiger partial charge >= 0.3 is 0 Å². The molecule has 8 nitrogen and oxygen atoms in total. The fourth-order valence-electron chi connectivity index (χ4n) is 3.80. The Kier molecular flexibility index (Phi) is 6.20. The first-order valence-electron chi connectivity index (χ1n) is 10.9. The first kappa shape index (κ1) is 23.7. The summed E-state index contributed by atoms with van der Waals surface area (Å²) >= 11 is 6.73. The lowest BCUT2D eigenvalue weighted by atomic mass is 10.1. The highest BCUT2D eigenvalue weighted by atomic mass is 35.5. The molecule has 35 heavy (non-hydrogen) atoms. The van der Waals surface area contributed by atoms with Gasteiger partial charge in [-0.2, -0.15) is 0 Å². The minimum atomic E-state index is -3.74. The molecule has 0 amide bonds. The van der Waals surface area contributed by atoms with Crippen molar-refractivity contribution in [2.24, 2.45) is 0 Å². The molecule has 1 aliphatic rings. The number of aryl methyl sites for hydroxylation is 1. The van der Waals surface area contributed by atoms with Gasteiger partial charge in [0.1, 0.15) is 21.6 Å². The van der Waals surface area contributed by atoms with Crippen molar-refractivity contribution in [3.05, 3.63) is 74.7 Å². The van der Waals surface area contributed by atoms with Gasteiger partial charge in [0.2, 0.25) is 0 Å². The summed E-state index contributed by atoms with van der Waals surface area (Å²) in [6.45, 7) is 1.74. The van der Waals surface area contributed by atoms with Gasteiger partial charge in [-0.15, -0.1) is 11.3 Å². The normalized spacial score (nSPS) is 13.8. The number of nitrogens with zero attached hydrogens (tertiary/aromatic N) is 3. The number of halogens is 1. The van der Waals surface area contributed by atoms with E-state index < -0.39 is 21.4 Å². The van der Waals surface area contributed by atoms with Crippen LogP contribution < -0.4 is 10.9 Å². The van der Waals surface area contributed by atoms with E-state index in [4.69, 9.17) is 11.6 Å². The lowest BCUT2D eigenvalue weighted by Gasteiger charge is -2.12. The zero-order chi connectivity index (χ0) is 24.7. The van der Waals surface area contributed by atoms with Gasteiger partial charge in [-0.25, -0.2) is 23.0 Å². The van der Waals surface area contributed by atoms with E-state index in [9.17, 15) is 18.0 Å². The molecule has 0 unspecified atom stereocenters. The van der Waals surface area contributed by atoms with E-state index in [1.54, 1.807) is 25.1 Å². The maximum absolute atomic E-state index is 13.2. The van der Waals surface area contributed by atoms with E-state index >= 15 is 0 Å². The van der Waals surface area contributed by atoms with Crippen LogP contribution in [0.25, 0.3) is 16.7 Å². The first-order chi connectivity index (χ1) is 16.7. The minimum Gasteiger partial charge on any atom is -0.382 e. The number of ketones is 1. The van der Waals surface area contributed by atoms with Crippen molar-refractivity contribution in [1.82, 2.24) is 14.5 Å². The summed E-state index contributed by atoms with van der Waals surface area (Å²) in [6.07, 6.45) is 3.68. The predicted octanol–water partition coefficient (Wildman–Crippen LogP) is 3.96. The van der Waals surface area contributed by atoms with Gasteiger partial charge < -0.3 is 5.32 Å². The van der Waals surface area contributed by atoms with Crippen LogP contribution in [0.4, 0.5) is 5.69 Å². The van der Waals surface area contributed by atoms with E-state index in [-0.39, 0.29) is 16.2 Å². The quantitative estimate of drug-likeness (QED) is 0.368. The van der Waals surface area contributed by atoms with Crippen molar-refractivity contribution in [3.63, 3.8) is 0 Å². The van der Waals surface area contributed by atoms with Crippen molar-refractivity contribution in [1.29, 1.82) is 0 Å². The Morgan fingerprint density at radius 2 is 2.00 bits per heavy atom. The number of hydrogen-bond donors (Lipinski definition) is 1. The Morgan fingerprint density at radius 3 is 2.66 bits per heavy atom. The van der Waals surface area contributed by atoms with Crippen LogP contribution in [0.15, 0.2) is 57.7 Å². The summed E-state index contributed by atoms with van der Waals surface area (Å²) in [5, 5.41) is 3.89. The molecule has 1 N–H and O–H groups in total. The number of Topliss-reactive ketones (excluding diaryl/α,β-unsaturated/α-hetero) is 1. The lowest BCUT2D eigenvalue weighted by Crippen LogP contribution is -2.23. The largest absolute Gasteiger partial charge is 0.382 e. The predicted molar refractivity (Wildman–Crippen MR) is 137 cm³/mol. The topological polar surface area (TPSA) is 111 Å². The van der Waals surface area contributed by atoms with Crippen molar-refractivity contribution in [2.75, 3.05) is 11.1 Å². The second-order valence-electron chi connectivity index (χ2n) is 8.51. The molecule has 180 valence electrons. The molecule has 5 rings (SSSR count). The van der Waals surface area contributed by atoms with E-state index in [1.807, 2.05) is 12.1 Å². The molecule has 1 aromatic carbocycles. The number of thiophene rings is 1. The number of anilines is 1. The van der Waals surface area contributed by atoms with Gasteiger partial charge in [0.05, 0.1) is 15.2 Å². The molecule has 3 aromatic heterocycles. The molecular weight excluding hydrogens is 508 g/mol. The van der Waals surface area contributed by atoms with Crippen LogP contribution in [0.1, 0.15) is 24.2 Å². The molecule has 4 aromatic rings. The van der Waals surface area contributed by atoms with E-state index in [2.05, 4.69) is 15.3 Å². The van der Waals surface area contributed by atoms with Crippen LogP contribution >= 0.6 is 22.9 Å². The number of benzene rings is 1. The van der Waals surface area contributed by atoms with Crippen molar-refractivity contribution in [2.45, 2.75) is 36.4 Å². The Bertz CT molecular complexity index is 1610. The van der Waals surface area contributed by atoms with Crippen LogP contribution in [-0.2, 0) is 21.1 Å². The Morgan fingerprint density at radius 1 is 1.20 bits per heavy atom. The number of pyridine rings is 1. The Labute approximate surface area is 210 Å². The average molecular weight is 529 g/mol. The van der Waals surface area contributed by atoms with Crippen molar-refractivity contribution in [3.8, 4) is 5.82 Å². The molecule has 0 spiro atoms. The van der Waals surface area contributed by atoms with E-state index in [0.717, 1.165) is 29.9 Å². The van der Waals surface area contributed by atoms with Crippen molar-refractivity contribution >= 4 is 55.1 Å². The highest BCUT2D eigenvalue weighted by molar-refractivity contribution is 7.94. The third-order valence-corrected chi connectivity index (χ3v) is 9.12. The summed E-state index contributed by atoms with van der Waals surface area (Å²) in [4.78, 5) is 34.5. The third-order valence-electron chi connectivity index (χ3n) is 5.63. The minimum absolute atomic E-state index is 0.0680. The standard InChI is InChI=1S/C24H21ClN4O4S2/c1-14-27-20-11-17(28-16-3-4-16)5-6-19(20)24(31)29(14)22-8-2-15(12-26-22)10-18(30)13-35(32,33)23-9-7-21(25)34-23/h2,5-9,11-12,16,28H,3-4,10,13H2,1H3. The number of fused-ring (bicyclic) bond motifs is 1. The number of rotatable bonds is 8. The maximum atomic E-state index is 13.2. The molecule has 1 aliphatic carbocycles. The zero-order valence-corrected chi connectivity index (χ0v) is 21.1. The number of hydrogen-bond acceptors (Lipinski definition) is 8. The number of nitrogens with one attached hydrogen (secondary N) is 1. The van der Waals surface area contributed by atoms with Gasteiger partial charge in [-0.1, -0.05) is 17.7 Å². The van der Waals surface area contributed by atoms with Gasteiger partial charge in [-0.05, 0) is 61.7 Å². The third kappa shape index (κ3) is 5.14. The van der Waals surface area contributed by atoms with Gasteiger partial charge in [0.15, 0.2) is 15.6 Å². The van der Waals surface area contributed by atoms with Crippen LogP contribution in [0.2, 0.25) is 4.34 Å². The molecule has 0 atom stereocenters. The molecule has 3 heterocycles. The van der Waals surface area contributed by atoms with Gasteiger partial charge in [0, 0.05) is 24.3 Å². The lowest BCUT2D eigenvalue weighted by molar-refractivity contribution is -0.116. The Balaban J connectivity index is 1.34. The number of sulfone groups is 1. The van der Waals surface area contributed by atoms with Gasteiger partial charge in [-0.3, -0.25) is 9.59 Å². The first-order valence-corrected chi connectivity index (χ1v) is 13.8. The van der Waals surface area contributed by atoms with E-state index in [0.29, 0.717) is 38.5 Å². The fraction of sp³-hybridized carbons (Fsp3) is 0.250. The molecule has 0 bridgehead atoms. The van der Waals surface area contributed by atoms with Crippen LogP contribution in [0.3, 0.4) is 0 Å². The SMILES string of the molecule is Cc1nc2cc(NC3CC3)ccc2c(=O)n1-c1ccc(CC(=O)CS(=O)(=O)c2ccc(Cl)s2)cn1. The number of carbonyl (C=O) groups is 1. The molecule has 0 aliphatic heterocycles. The van der Waals surface area contributed by atoms with Crippen LogP contribution in [0.5, 0.6) is 0 Å². The molecule has 0 radical (unpaired) electrons. The summed E-state index contributed by atoms with van der Waals surface area (Å²) in [6, 6.07) is 12.2. The smallest absolute Gasteiger partial charge is 0.267 e. The molecule has 0 saturated heterocycles. The zero-order valence-electron chi connectivity index (χ0n) is 18.7. The maximum Gasteiger partial charge on any atom is 0.267 e. The van der Waals surface area contributed by atoms with Crippen LogP contribution in [0, 0.1) is 6.92 Å². The monoisotopic (exact) mass is 528 g/mol. The van der Waals surface area contributed by atoms with Gasteiger partial charge in [0.25, 0.3) is 5.56 Å². The highest BCUT2D eigenvalue weighted by Crippen LogP contribution is 2.27. The number of carbonyl (C=O) groups excluding carboxylic acids is 1. The molecule has 1 saturated carbocycles.